The highest BCUT2D eigenvalue weighted by Crippen LogP contribution is 2.32. The first-order valence-electron chi connectivity index (χ1n) is 13.4. The number of methoxy groups -OCH3 is 1. The summed E-state index contributed by atoms with van der Waals surface area (Å²) < 4.78 is 5.42. The van der Waals surface area contributed by atoms with Crippen molar-refractivity contribution in [2.45, 2.75) is 83.1 Å². The van der Waals surface area contributed by atoms with Gasteiger partial charge in [0.15, 0.2) is 5.78 Å². The molecule has 2 aromatic rings. The van der Waals surface area contributed by atoms with Crippen molar-refractivity contribution in [1.82, 2.24) is 10.3 Å². The van der Waals surface area contributed by atoms with Crippen LogP contribution in [0.15, 0.2) is 24.3 Å². The number of aromatic amines is 1. The summed E-state index contributed by atoms with van der Waals surface area (Å²) in [5.41, 5.74) is 1.27. The average Bonchev–Trinajstić information content (AvgIpc) is 3.34. The minimum absolute atomic E-state index is 0.0813. The van der Waals surface area contributed by atoms with Crippen LogP contribution in [0.5, 0.6) is 5.75 Å². The number of amides is 1. The Morgan fingerprint density at radius 1 is 1.14 bits per heavy atom. The van der Waals surface area contributed by atoms with E-state index in [1.165, 1.54) is 6.42 Å². The van der Waals surface area contributed by atoms with Gasteiger partial charge in [0.05, 0.1) is 18.9 Å². The number of carbonyl (C=O) groups excluding carboxylic acids is 3. The third-order valence-corrected chi connectivity index (χ3v) is 7.96. The summed E-state index contributed by atoms with van der Waals surface area (Å²) in [5.74, 6) is 0.241. The summed E-state index contributed by atoms with van der Waals surface area (Å²) in [6.07, 6.45) is 9.96. The number of benzene rings is 1. The highest BCUT2D eigenvalue weighted by Gasteiger charge is 2.31. The molecule has 0 saturated heterocycles. The smallest absolute Gasteiger partial charge is 0.224 e. The van der Waals surface area contributed by atoms with Crippen molar-refractivity contribution in [1.29, 1.82) is 5.26 Å². The van der Waals surface area contributed by atoms with Crippen LogP contribution in [0.4, 0.5) is 0 Å². The van der Waals surface area contributed by atoms with Crippen molar-refractivity contribution in [3.8, 4) is 11.8 Å². The highest BCUT2D eigenvalue weighted by atomic mass is 16.5. The van der Waals surface area contributed by atoms with E-state index in [0.717, 1.165) is 55.8 Å². The van der Waals surface area contributed by atoms with E-state index in [1.54, 1.807) is 13.2 Å². The molecule has 7 nitrogen and oxygen atoms in total. The van der Waals surface area contributed by atoms with Gasteiger partial charge in [-0.05, 0) is 49.8 Å². The lowest BCUT2D eigenvalue weighted by Crippen LogP contribution is -2.41. The van der Waals surface area contributed by atoms with Crippen molar-refractivity contribution in [3.05, 3.63) is 30.0 Å². The van der Waals surface area contributed by atoms with Gasteiger partial charge in [-0.2, -0.15) is 5.26 Å². The molecule has 2 fully saturated rings. The number of ether oxygens (including phenoxy) is 1. The van der Waals surface area contributed by atoms with Gasteiger partial charge < -0.3 is 15.0 Å². The van der Waals surface area contributed by atoms with Crippen LogP contribution in [-0.2, 0) is 9.59 Å². The van der Waals surface area contributed by atoms with E-state index >= 15 is 0 Å². The van der Waals surface area contributed by atoms with Gasteiger partial charge in [-0.25, -0.2) is 0 Å². The van der Waals surface area contributed by atoms with Gasteiger partial charge in [0.1, 0.15) is 17.6 Å². The summed E-state index contributed by atoms with van der Waals surface area (Å²) >= 11 is 0. The quantitative estimate of drug-likeness (QED) is 0.427. The summed E-state index contributed by atoms with van der Waals surface area (Å²) in [6, 6.07) is 8.87. The van der Waals surface area contributed by atoms with Crippen LogP contribution in [0.1, 0.15) is 87.5 Å². The molecule has 1 heterocycles. The standard InChI is InChI=1S/C29H37N3O4/c1-36-28-13-7-11-24-23(28)17-25(32-24)27(34)16-21(14-19-8-3-2-4-9-19)29(35)31-22(18-30)15-20-10-5-6-12-26(20)33/h7,11,13,17,19-22,32H,2-6,8-10,12,14-16H2,1H3,(H,31,35)/t20-,21+,22-/m0/s1. The molecule has 7 heteroatoms. The first-order chi connectivity index (χ1) is 17.5. The van der Waals surface area contributed by atoms with Crippen molar-refractivity contribution in [2.75, 3.05) is 7.11 Å². The van der Waals surface area contributed by atoms with Crippen LogP contribution in [0.3, 0.4) is 0 Å². The maximum absolute atomic E-state index is 13.4. The minimum Gasteiger partial charge on any atom is -0.496 e. The molecule has 1 amide bonds. The van der Waals surface area contributed by atoms with E-state index in [1.807, 2.05) is 18.2 Å². The van der Waals surface area contributed by atoms with Gasteiger partial charge in [-0.3, -0.25) is 14.4 Å². The number of aromatic nitrogens is 1. The second kappa shape index (κ2) is 12.2. The Hall–Kier alpha value is -3.14. The van der Waals surface area contributed by atoms with Crippen LogP contribution in [-0.4, -0.2) is 35.6 Å². The molecule has 0 aliphatic heterocycles. The van der Waals surface area contributed by atoms with E-state index in [0.29, 0.717) is 36.6 Å². The lowest BCUT2D eigenvalue weighted by atomic mass is 9.80. The van der Waals surface area contributed by atoms with E-state index in [9.17, 15) is 19.6 Å². The van der Waals surface area contributed by atoms with Crippen LogP contribution in [0, 0.1) is 29.1 Å². The first-order valence-corrected chi connectivity index (χ1v) is 13.4. The van der Waals surface area contributed by atoms with Gasteiger partial charge in [-0.15, -0.1) is 0 Å². The fourth-order valence-electron chi connectivity index (χ4n) is 5.92. The van der Waals surface area contributed by atoms with Crippen molar-refractivity contribution in [3.63, 3.8) is 0 Å². The number of nitrogens with zero attached hydrogens (tertiary/aromatic N) is 1. The number of hydrogen-bond acceptors (Lipinski definition) is 5. The molecule has 0 bridgehead atoms. The van der Waals surface area contributed by atoms with Crippen LogP contribution in [0.2, 0.25) is 0 Å². The second-order valence-electron chi connectivity index (χ2n) is 10.5. The number of hydrogen-bond donors (Lipinski definition) is 2. The first kappa shape index (κ1) is 25.9. The molecule has 3 atom stereocenters. The SMILES string of the molecule is COc1cccc2[nH]c(C(=O)C[C@@H](CC3CCCCC3)C(=O)N[C@H](C#N)C[C@@H]3CCCCC3=O)cc12. The minimum atomic E-state index is -0.717. The van der Waals surface area contributed by atoms with Gasteiger partial charge in [0.2, 0.25) is 5.91 Å². The summed E-state index contributed by atoms with van der Waals surface area (Å²) in [6.45, 7) is 0. The summed E-state index contributed by atoms with van der Waals surface area (Å²) in [7, 11) is 1.60. The molecular formula is C29H37N3O4. The molecule has 4 rings (SSSR count). The molecule has 1 aromatic carbocycles. The van der Waals surface area contributed by atoms with Gasteiger partial charge in [0.25, 0.3) is 0 Å². The zero-order chi connectivity index (χ0) is 25.5. The van der Waals surface area contributed by atoms with E-state index < -0.39 is 12.0 Å². The van der Waals surface area contributed by atoms with E-state index in [4.69, 9.17) is 4.74 Å². The third-order valence-electron chi connectivity index (χ3n) is 7.96. The molecule has 1 aromatic heterocycles. The van der Waals surface area contributed by atoms with Crippen LogP contribution in [0.25, 0.3) is 10.9 Å². The largest absolute Gasteiger partial charge is 0.496 e. The fraction of sp³-hybridized carbons (Fsp3) is 0.586. The molecule has 0 unspecified atom stereocenters. The molecule has 36 heavy (non-hydrogen) atoms. The third kappa shape index (κ3) is 6.34. The predicted molar refractivity (Wildman–Crippen MR) is 138 cm³/mol. The molecule has 192 valence electrons. The van der Waals surface area contributed by atoms with Gasteiger partial charge in [-0.1, -0.05) is 44.6 Å². The lowest BCUT2D eigenvalue weighted by Gasteiger charge is -2.27. The lowest BCUT2D eigenvalue weighted by molar-refractivity contribution is -0.128. The molecule has 0 spiro atoms. The molecule has 0 radical (unpaired) electrons. The Kier molecular flexibility index (Phi) is 8.79. The number of Topliss-reactive ketones (excluding diaryl/α,β-unsaturated/α-hetero) is 2. The highest BCUT2D eigenvalue weighted by molar-refractivity contribution is 6.02. The normalized spacial score (nSPS) is 20.4. The Balaban J connectivity index is 1.47. The van der Waals surface area contributed by atoms with Gasteiger partial charge >= 0.3 is 0 Å². The van der Waals surface area contributed by atoms with Crippen LogP contribution < -0.4 is 10.1 Å². The Bertz CT molecular complexity index is 1130. The predicted octanol–water partition coefficient (Wildman–Crippen LogP) is 5.49. The maximum Gasteiger partial charge on any atom is 0.224 e. The van der Waals surface area contributed by atoms with E-state index in [-0.39, 0.29) is 29.8 Å². The van der Waals surface area contributed by atoms with Crippen molar-refractivity contribution >= 4 is 28.4 Å². The average molecular weight is 492 g/mol. The van der Waals surface area contributed by atoms with Crippen LogP contribution >= 0.6 is 0 Å². The number of carbonyl (C=O) groups is 3. The Labute approximate surface area is 213 Å². The number of nitrogens with one attached hydrogen (secondary N) is 2. The monoisotopic (exact) mass is 491 g/mol. The number of ketones is 2. The number of fused-ring (bicyclic) bond motifs is 1. The molecule has 2 N–H and O–H groups in total. The molecular weight excluding hydrogens is 454 g/mol. The number of H-pyrrole nitrogens is 1. The Morgan fingerprint density at radius 3 is 2.64 bits per heavy atom. The van der Waals surface area contributed by atoms with Crippen molar-refractivity contribution in [2.24, 2.45) is 17.8 Å². The zero-order valence-electron chi connectivity index (χ0n) is 21.2. The maximum atomic E-state index is 13.4. The van der Waals surface area contributed by atoms with E-state index in [2.05, 4.69) is 16.4 Å². The molecule has 2 saturated carbocycles. The Morgan fingerprint density at radius 2 is 1.92 bits per heavy atom. The molecule has 2 aliphatic carbocycles. The summed E-state index contributed by atoms with van der Waals surface area (Å²) in [4.78, 5) is 42.2. The van der Waals surface area contributed by atoms with Crippen molar-refractivity contribution < 1.29 is 19.1 Å². The summed E-state index contributed by atoms with van der Waals surface area (Å²) in [5, 5.41) is 13.4. The van der Waals surface area contributed by atoms with Gasteiger partial charge in [0, 0.05) is 35.6 Å². The zero-order valence-corrected chi connectivity index (χ0v) is 21.2. The fourth-order valence-corrected chi connectivity index (χ4v) is 5.92. The number of rotatable bonds is 10. The molecule has 2 aliphatic rings. The number of nitriles is 1. The second-order valence-corrected chi connectivity index (χ2v) is 10.5. The topological polar surface area (TPSA) is 112 Å².